The van der Waals surface area contributed by atoms with E-state index in [-0.39, 0.29) is 10.9 Å². The predicted molar refractivity (Wildman–Crippen MR) is 78.1 cm³/mol. The maximum Gasteiger partial charge on any atom is 0.260 e. The zero-order valence-electron chi connectivity index (χ0n) is 11.0. The molecule has 2 rings (SSSR count). The molecule has 0 saturated carbocycles. The van der Waals surface area contributed by atoms with Gasteiger partial charge in [-0.3, -0.25) is 0 Å². The molecule has 1 aromatic carbocycles. The first-order chi connectivity index (χ1) is 9.56. The second-order valence-electron chi connectivity index (χ2n) is 4.28. The Balaban J connectivity index is 2.22. The van der Waals surface area contributed by atoms with Crippen molar-refractivity contribution in [2.45, 2.75) is 24.5 Å². The van der Waals surface area contributed by atoms with Crippen LogP contribution in [0.15, 0.2) is 47.9 Å². The Morgan fingerprint density at radius 1 is 1.35 bits per heavy atom. The highest BCUT2D eigenvalue weighted by molar-refractivity contribution is 7.89. The van der Waals surface area contributed by atoms with E-state index in [1.807, 2.05) is 37.3 Å². The van der Waals surface area contributed by atoms with Crippen LogP contribution >= 0.6 is 11.6 Å². The summed E-state index contributed by atoms with van der Waals surface area (Å²) in [6.45, 7) is 2.58. The van der Waals surface area contributed by atoms with Gasteiger partial charge in [0.05, 0.1) is 12.4 Å². The zero-order valence-corrected chi connectivity index (χ0v) is 12.6. The summed E-state index contributed by atoms with van der Waals surface area (Å²) in [6.07, 6.45) is 2.99. The fourth-order valence-electron chi connectivity index (χ4n) is 1.77. The highest BCUT2D eigenvalue weighted by Gasteiger charge is 2.22. The lowest BCUT2D eigenvalue weighted by molar-refractivity contribution is 0.564. The summed E-state index contributed by atoms with van der Waals surface area (Å²) in [5, 5.41) is 0.00500. The first kappa shape index (κ1) is 15.0. The maximum atomic E-state index is 12.3. The third-order valence-electron chi connectivity index (χ3n) is 2.90. The molecule has 1 unspecified atom stereocenters. The number of benzene rings is 1. The summed E-state index contributed by atoms with van der Waals surface area (Å²) in [6, 6.07) is 8.74. The molecule has 0 aliphatic heterocycles. The lowest BCUT2D eigenvalue weighted by atomic mass is 10.1. The zero-order chi connectivity index (χ0) is 14.6. The van der Waals surface area contributed by atoms with Gasteiger partial charge in [-0.15, -0.1) is 11.6 Å². The Kier molecular flexibility index (Phi) is 4.80. The smallest absolute Gasteiger partial charge is 0.260 e. The number of nitrogens with zero attached hydrogens (tertiary/aromatic N) is 2. The predicted octanol–water partition coefficient (Wildman–Crippen LogP) is 2.16. The van der Waals surface area contributed by atoms with Gasteiger partial charge in [0.2, 0.25) is 0 Å². The molecular weight excluding hydrogens is 298 g/mol. The molecule has 1 N–H and O–H groups in total. The van der Waals surface area contributed by atoms with E-state index in [9.17, 15) is 8.42 Å². The lowest BCUT2D eigenvalue weighted by Crippen LogP contribution is -2.30. The number of aryl methyl sites for hydroxylation is 1. The molecule has 0 aliphatic carbocycles. The minimum atomic E-state index is -3.68. The van der Waals surface area contributed by atoms with Gasteiger partial charge in [-0.05, 0) is 12.5 Å². The Bertz CT molecular complexity index is 655. The minimum absolute atomic E-state index is 0.00500. The van der Waals surface area contributed by atoms with Crippen LogP contribution in [0, 0.1) is 0 Å². The van der Waals surface area contributed by atoms with E-state index in [2.05, 4.69) is 9.71 Å². The molecule has 1 atom stereocenters. The Morgan fingerprint density at radius 3 is 2.60 bits per heavy atom. The number of nitrogens with one attached hydrogen (secondary N) is 1. The molecule has 0 aliphatic rings. The molecule has 0 fully saturated rings. The van der Waals surface area contributed by atoms with Crippen LogP contribution < -0.4 is 4.72 Å². The number of sulfonamides is 1. The van der Waals surface area contributed by atoms with E-state index in [0.717, 1.165) is 5.56 Å². The SMILES string of the molecule is CCn1cnc(S(=O)(=O)NC(CCl)c2ccccc2)c1. The van der Waals surface area contributed by atoms with Crippen LogP contribution in [0.3, 0.4) is 0 Å². The van der Waals surface area contributed by atoms with Gasteiger partial charge in [0.15, 0.2) is 5.03 Å². The van der Waals surface area contributed by atoms with E-state index < -0.39 is 16.1 Å². The average Bonchev–Trinajstić information content (AvgIpc) is 2.95. The van der Waals surface area contributed by atoms with Crippen molar-refractivity contribution in [3.63, 3.8) is 0 Å². The first-order valence-electron chi connectivity index (χ1n) is 6.22. The third-order valence-corrected chi connectivity index (χ3v) is 4.57. The fourth-order valence-corrected chi connectivity index (χ4v) is 3.29. The van der Waals surface area contributed by atoms with Gasteiger partial charge in [-0.1, -0.05) is 30.3 Å². The molecule has 0 saturated heterocycles. The van der Waals surface area contributed by atoms with Crippen LogP contribution in [-0.4, -0.2) is 23.8 Å². The van der Waals surface area contributed by atoms with Crippen LogP contribution in [0.2, 0.25) is 0 Å². The number of rotatable bonds is 6. The number of hydrogen-bond acceptors (Lipinski definition) is 3. The Hall–Kier alpha value is -1.37. The molecule has 0 radical (unpaired) electrons. The van der Waals surface area contributed by atoms with E-state index in [1.165, 1.54) is 12.5 Å². The quantitative estimate of drug-likeness (QED) is 0.831. The number of halogens is 1. The van der Waals surface area contributed by atoms with Crippen molar-refractivity contribution in [3.8, 4) is 0 Å². The molecule has 0 spiro atoms. The summed E-state index contributed by atoms with van der Waals surface area (Å²) in [7, 11) is -3.68. The largest absolute Gasteiger partial charge is 0.336 e. The third kappa shape index (κ3) is 3.39. The normalized spacial score (nSPS) is 13.3. The Morgan fingerprint density at radius 2 is 2.05 bits per heavy atom. The second-order valence-corrected chi connectivity index (χ2v) is 6.25. The average molecular weight is 314 g/mol. The van der Waals surface area contributed by atoms with Crippen LogP contribution in [0.25, 0.3) is 0 Å². The molecule has 5 nitrogen and oxygen atoms in total. The van der Waals surface area contributed by atoms with Gasteiger partial charge in [-0.2, -0.15) is 0 Å². The van der Waals surface area contributed by atoms with Crippen molar-refractivity contribution in [2.75, 3.05) is 5.88 Å². The summed E-state index contributed by atoms with van der Waals surface area (Å²) in [5.74, 6) is 0.151. The molecule has 1 heterocycles. The van der Waals surface area contributed by atoms with Crippen LogP contribution in [0.4, 0.5) is 0 Å². The maximum absolute atomic E-state index is 12.3. The van der Waals surface area contributed by atoms with Crippen molar-refractivity contribution < 1.29 is 8.42 Å². The van der Waals surface area contributed by atoms with Gasteiger partial charge in [0, 0.05) is 18.6 Å². The topological polar surface area (TPSA) is 64.0 Å². The fraction of sp³-hybridized carbons (Fsp3) is 0.308. The van der Waals surface area contributed by atoms with Crippen LogP contribution in [-0.2, 0) is 16.6 Å². The molecule has 1 aromatic heterocycles. The molecule has 0 amide bonds. The highest BCUT2D eigenvalue weighted by Crippen LogP contribution is 2.17. The van der Waals surface area contributed by atoms with Gasteiger partial charge in [0.25, 0.3) is 10.0 Å². The highest BCUT2D eigenvalue weighted by atomic mass is 35.5. The molecule has 108 valence electrons. The standard InChI is InChI=1S/C13H16ClN3O2S/c1-2-17-9-13(15-10-17)20(18,19)16-12(8-14)11-6-4-3-5-7-11/h3-7,9-10,12,16H,2,8H2,1H3. The summed E-state index contributed by atoms with van der Waals surface area (Å²) < 4.78 is 28.8. The van der Waals surface area contributed by atoms with Gasteiger partial charge in [0.1, 0.15) is 0 Å². The van der Waals surface area contributed by atoms with Crippen molar-refractivity contribution in [3.05, 3.63) is 48.4 Å². The van der Waals surface area contributed by atoms with Crippen LogP contribution in [0.5, 0.6) is 0 Å². The summed E-state index contributed by atoms with van der Waals surface area (Å²) in [4.78, 5) is 3.91. The van der Waals surface area contributed by atoms with Crippen molar-refractivity contribution in [2.24, 2.45) is 0 Å². The molecule has 0 bridgehead atoms. The number of hydrogen-bond donors (Lipinski definition) is 1. The molecule has 20 heavy (non-hydrogen) atoms. The van der Waals surface area contributed by atoms with Crippen molar-refractivity contribution in [1.29, 1.82) is 0 Å². The summed E-state index contributed by atoms with van der Waals surface area (Å²) in [5.41, 5.74) is 0.820. The van der Waals surface area contributed by atoms with E-state index in [0.29, 0.717) is 6.54 Å². The first-order valence-corrected chi connectivity index (χ1v) is 8.23. The number of alkyl halides is 1. The lowest BCUT2D eigenvalue weighted by Gasteiger charge is -2.15. The molecular formula is C13H16ClN3O2S. The van der Waals surface area contributed by atoms with E-state index in [4.69, 9.17) is 11.6 Å². The minimum Gasteiger partial charge on any atom is -0.336 e. The van der Waals surface area contributed by atoms with E-state index in [1.54, 1.807) is 4.57 Å². The van der Waals surface area contributed by atoms with Gasteiger partial charge >= 0.3 is 0 Å². The number of aromatic nitrogens is 2. The second kappa shape index (κ2) is 6.39. The van der Waals surface area contributed by atoms with Crippen molar-refractivity contribution >= 4 is 21.6 Å². The van der Waals surface area contributed by atoms with Gasteiger partial charge < -0.3 is 4.57 Å². The monoisotopic (exact) mass is 313 g/mol. The van der Waals surface area contributed by atoms with Crippen LogP contribution in [0.1, 0.15) is 18.5 Å². The Labute approximate surface area is 123 Å². The molecule has 2 aromatic rings. The molecule has 7 heteroatoms. The summed E-state index contributed by atoms with van der Waals surface area (Å²) >= 11 is 5.88. The van der Waals surface area contributed by atoms with Gasteiger partial charge in [-0.25, -0.2) is 18.1 Å². The van der Waals surface area contributed by atoms with E-state index >= 15 is 0 Å². The number of imidazole rings is 1. The van der Waals surface area contributed by atoms with Crippen molar-refractivity contribution in [1.82, 2.24) is 14.3 Å².